The first-order valence-corrected chi connectivity index (χ1v) is 14.5. The van der Waals surface area contributed by atoms with E-state index in [9.17, 15) is 4.79 Å². The summed E-state index contributed by atoms with van der Waals surface area (Å²) in [5, 5.41) is 0. The predicted molar refractivity (Wildman–Crippen MR) is 140 cm³/mol. The molecule has 0 heterocycles. The van der Waals surface area contributed by atoms with E-state index in [2.05, 4.69) is 55.0 Å². The van der Waals surface area contributed by atoms with E-state index < -0.39 is 0 Å². The van der Waals surface area contributed by atoms with Crippen molar-refractivity contribution in [1.82, 2.24) is 0 Å². The van der Waals surface area contributed by atoms with Gasteiger partial charge in [-0.1, -0.05) is 53.7 Å². The van der Waals surface area contributed by atoms with Gasteiger partial charge in [0, 0.05) is 0 Å². The molecule has 5 aliphatic carbocycles. The Bertz CT molecular complexity index is 872. The maximum atomic E-state index is 13.4. The number of allylic oxidation sites excluding steroid dienone is 1. The molecule has 0 amide bonds. The number of rotatable bonds is 2. The van der Waals surface area contributed by atoms with Crippen LogP contribution in [-0.4, -0.2) is 13.1 Å². The fraction of sp³-hybridized carbons (Fsp3) is 0.906. The molecule has 0 bridgehead atoms. The van der Waals surface area contributed by atoms with Crippen molar-refractivity contribution in [2.75, 3.05) is 7.11 Å². The Balaban J connectivity index is 1.56. The minimum atomic E-state index is -0.269. The van der Waals surface area contributed by atoms with Gasteiger partial charge in [-0.05, 0) is 128 Å². The van der Waals surface area contributed by atoms with Crippen LogP contribution in [0.15, 0.2) is 12.2 Å². The van der Waals surface area contributed by atoms with E-state index in [1.165, 1.54) is 50.5 Å². The van der Waals surface area contributed by atoms with Crippen LogP contribution in [0.1, 0.15) is 113 Å². The van der Waals surface area contributed by atoms with Gasteiger partial charge in [0.25, 0.3) is 0 Å². The highest BCUT2D eigenvalue weighted by atomic mass is 16.5. The van der Waals surface area contributed by atoms with Crippen molar-refractivity contribution in [2.24, 2.45) is 62.6 Å². The van der Waals surface area contributed by atoms with Crippen LogP contribution >= 0.6 is 0 Å². The molecule has 0 saturated heterocycles. The van der Waals surface area contributed by atoms with Gasteiger partial charge in [0.15, 0.2) is 0 Å². The first-order chi connectivity index (χ1) is 15.8. The van der Waals surface area contributed by atoms with Crippen LogP contribution in [0.25, 0.3) is 0 Å². The molecule has 2 heteroatoms. The lowest BCUT2D eigenvalue weighted by Gasteiger charge is -2.73. The number of esters is 1. The summed E-state index contributed by atoms with van der Waals surface area (Å²) in [5.74, 6) is 4.06. The minimum absolute atomic E-state index is 0.0780. The lowest BCUT2D eigenvalue weighted by atomic mass is 9.32. The van der Waals surface area contributed by atoms with Gasteiger partial charge < -0.3 is 4.74 Å². The Labute approximate surface area is 210 Å². The van der Waals surface area contributed by atoms with Gasteiger partial charge in [0.05, 0.1) is 12.5 Å². The molecule has 0 aromatic heterocycles. The summed E-state index contributed by atoms with van der Waals surface area (Å²) in [6.45, 7) is 22.4. The van der Waals surface area contributed by atoms with E-state index in [4.69, 9.17) is 4.74 Å². The average Bonchev–Trinajstić information content (AvgIpc) is 3.18. The summed E-state index contributed by atoms with van der Waals surface area (Å²) in [6.07, 6.45) is 12.5. The van der Waals surface area contributed by atoms with Gasteiger partial charge in [-0.25, -0.2) is 0 Å². The van der Waals surface area contributed by atoms with Crippen LogP contribution < -0.4 is 0 Å². The molecule has 5 aliphatic rings. The largest absolute Gasteiger partial charge is 0.469 e. The van der Waals surface area contributed by atoms with E-state index >= 15 is 0 Å². The number of carbonyl (C=O) groups excluding carboxylic acids is 1. The molecule has 34 heavy (non-hydrogen) atoms. The normalized spacial score (nSPS) is 53.6. The maximum absolute atomic E-state index is 13.4. The Morgan fingerprint density at radius 2 is 1.53 bits per heavy atom. The third-order valence-electron chi connectivity index (χ3n) is 14.2. The van der Waals surface area contributed by atoms with E-state index in [0.717, 1.165) is 37.0 Å². The first-order valence-electron chi connectivity index (χ1n) is 14.5. The summed E-state index contributed by atoms with van der Waals surface area (Å²) < 4.78 is 5.52. The first kappa shape index (κ1) is 24.9. The molecule has 0 aromatic rings. The van der Waals surface area contributed by atoms with E-state index in [1.807, 2.05) is 0 Å². The average molecular weight is 469 g/mol. The molecule has 192 valence electrons. The molecule has 2 nitrogen and oxygen atoms in total. The third kappa shape index (κ3) is 2.84. The van der Waals surface area contributed by atoms with Crippen molar-refractivity contribution < 1.29 is 9.53 Å². The monoisotopic (exact) mass is 468 g/mol. The SMILES string of the molecule is C=C(C)[C@@H]1CC[C@]2(C(=O)OC)CC[C@]3(C)C(CCC4[C@@]5(C)CC[C@@H](C)C(C)(C)C5CC[C@]43C)C12. The molecule has 0 aliphatic heterocycles. The fourth-order valence-electron chi connectivity index (χ4n) is 11.9. The zero-order valence-electron chi connectivity index (χ0n) is 23.6. The molecule has 5 fully saturated rings. The molecule has 4 unspecified atom stereocenters. The van der Waals surface area contributed by atoms with Crippen molar-refractivity contribution in [2.45, 2.75) is 113 Å². The number of ether oxygens (including phenoxy) is 1. The number of hydrogen-bond acceptors (Lipinski definition) is 2. The molecular formula is C32H52O2. The maximum Gasteiger partial charge on any atom is 0.312 e. The second-order valence-electron chi connectivity index (χ2n) is 15.1. The molecule has 0 spiro atoms. The third-order valence-corrected chi connectivity index (χ3v) is 14.2. The number of hydrogen-bond donors (Lipinski definition) is 0. The Kier molecular flexibility index (Phi) is 5.57. The predicted octanol–water partition coefficient (Wildman–Crippen LogP) is 8.45. The zero-order valence-corrected chi connectivity index (χ0v) is 23.6. The highest BCUT2D eigenvalue weighted by Crippen LogP contribution is 2.77. The smallest absolute Gasteiger partial charge is 0.312 e. The van der Waals surface area contributed by atoms with Crippen molar-refractivity contribution >= 4 is 5.97 Å². The summed E-state index contributed by atoms with van der Waals surface area (Å²) in [5.41, 5.74) is 2.59. The Morgan fingerprint density at radius 3 is 2.18 bits per heavy atom. The summed E-state index contributed by atoms with van der Waals surface area (Å²) >= 11 is 0. The van der Waals surface area contributed by atoms with E-state index in [-0.39, 0.29) is 11.4 Å². The van der Waals surface area contributed by atoms with Crippen LogP contribution in [-0.2, 0) is 9.53 Å². The lowest BCUT2D eigenvalue weighted by Crippen LogP contribution is -2.66. The molecule has 5 rings (SSSR count). The van der Waals surface area contributed by atoms with Crippen LogP contribution in [0.2, 0.25) is 0 Å². The number of carbonyl (C=O) groups is 1. The van der Waals surface area contributed by atoms with E-state index in [1.54, 1.807) is 7.11 Å². The van der Waals surface area contributed by atoms with Gasteiger partial charge in [-0.2, -0.15) is 0 Å². The topological polar surface area (TPSA) is 26.3 Å². The van der Waals surface area contributed by atoms with Crippen molar-refractivity contribution in [1.29, 1.82) is 0 Å². The quantitative estimate of drug-likeness (QED) is 0.300. The van der Waals surface area contributed by atoms with E-state index in [0.29, 0.717) is 39.4 Å². The highest BCUT2D eigenvalue weighted by molar-refractivity contribution is 5.78. The summed E-state index contributed by atoms with van der Waals surface area (Å²) in [7, 11) is 1.61. The summed E-state index contributed by atoms with van der Waals surface area (Å²) in [6, 6.07) is 0. The molecule has 5 saturated carbocycles. The van der Waals surface area contributed by atoms with Crippen LogP contribution in [0.4, 0.5) is 0 Å². The van der Waals surface area contributed by atoms with Gasteiger partial charge in [0.1, 0.15) is 0 Å². The molecular weight excluding hydrogens is 416 g/mol. The van der Waals surface area contributed by atoms with Crippen LogP contribution in [0, 0.1) is 62.6 Å². The molecule has 10 atom stereocenters. The van der Waals surface area contributed by atoms with Gasteiger partial charge in [-0.3, -0.25) is 4.79 Å². The summed E-state index contributed by atoms with van der Waals surface area (Å²) in [4.78, 5) is 13.4. The molecule has 0 N–H and O–H groups in total. The second-order valence-corrected chi connectivity index (χ2v) is 15.1. The Hall–Kier alpha value is -0.790. The molecule has 0 aromatic carbocycles. The minimum Gasteiger partial charge on any atom is -0.469 e. The van der Waals surface area contributed by atoms with Gasteiger partial charge in [-0.15, -0.1) is 0 Å². The van der Waals surface area contributed by atoms with Crippen molar-refractivity contribution in [3.05, 3.63) is 12.2 Å². The zero-order chi connectivity index (χ0) is 24.9. The Morgan fingerprint density at radius 1 is 0.824 bits per heavy atom. The number of methoxy groups -OCH3 is 1. The van der Waals surface area contributed by atoms with Crippen LogP contribution in [0.5, 0.6) is 0 Å². The number of fused-ring (bicyclic) bond motifs is 7. The molecule has 0 radical (unpaired) electrons. The fourth-order valence-corrected chi connectivity index (χ4v) is 11.9. The standard InChI is InChI=1S/C32H52O2/c1-20(2)22-13-17-32(27(33)34-9)19-18-30(7)23(26(22)32)10-11-25-29(6)15-12-21(3)28(4,5)24(29)14-16-31(25,30)8/h21-26H,1,10-19H2,2-9H3/t21-,22+,23?,24?,25?,26?,29+,30-,31-,32+/m1/s1. The highest BCUT2D eigenvalue weighted by Gasteiger charge is 2.71. The van der Waals surface area contributed by atoms with Crippen molar-refractivity contribution in [3.8, 4) is 0 Å². The van der Waals surface area contributed by atoms with Gasteiger partial charge >= 0.3 is 5.97 Å². The lowest BCUT2D eigenvalue weighted by molar-refractivity contribution is -0.243. The van der Waals surface area contributed by atoms with Gasteiger partial charge in [0.2, 0.25) is 0 Å². The second kappa shape index (κ2) is 7.61. The van der Waals surface area contributed by atoms with Crippen LogP contribution in [0.3, 0.4) is 0 Å². The van der Waals surface area contributed by atoms with Crippen molar-refractivity contribution in [3.63, 3.8) is 0 Å².